The normalized spacial score (nSPS) is 11.2. The summed E-state index contributed by atoms with van der Waals surface area (Å²) in [4.78, 5) is 15.7. The average molecular weight is 389 g/mol. The number of hydrazone groups is 1. The minimum absolute atomic E-state index is 0.0862. The summed E-state index contributed by atoms with van der Waals surface area (Å²) in [5.74, 6) is -0.0862. The second kappa shape index (κ2) is 7.66. The Bertz CT molecular complexity index is 1160. The Morgan fingerprint density at radius 3 is 2.75 bits per heavy atom. The average Bonchev–Trinajstić information content (AvgIpc) is 3.28. The molecular formula is C21H19N5OS. The van der Waals surface area contributed by atoms with E-state index in [1.54, 1.807) is 0 Å². The van der Waals surface area contributed by atoms with Gasteiger partial charge in [0.05, 0.1) is 11.9 Å². The van der Waals surface area contributed by atoms with Crippen molar-refractivity contribution in [3.8, 4) is 11.3 Å². The Morgan fingerprint density at radius 2 is 1.96 bits per heavy atom. The van der Waals surface area contributed by atoms with E-state index >= 15 is 0 Å². The Morgan fingerprint density at radius 1 is 1.18 bits per heavy atom. The van der Waals surface area contributed by atoms with Crippen LogP contribution in [0.25, 0.3) is 22.2 Å². The van der Waals surface area contributed by atoms with Gasteiger partial charge in [-0.25, -0.2) is 4.98 Å². The number of anilines is 2. The number of hydrogen-bond acceptors (Lipinski definition) is 5. The smallest absolute Gasteiger partial charge is 0.221 e. The number of hydrogen-bond donors (Lipinski definition) is 2. The van der Waals surface area contributed by atoms with Crippen molar-refractivity contribution in [2.75, 3.05) is 10.7 Å². The number of carbonyl (C=O) groups excluding carboxylic acids is 1. The first-order valence-electron chi connectivity index (χ1n) is 8.77. The second-order valence-electron chi connectivity index (χ2n) is 6.38. The third-order valence-corrected chi connectivity index (χ3v) is 5.04. The lowest BCUT2D eigenvalue weighted by molar-refractivity contribution is -0.114. The van der Waals surface area contributed by atoms with Crippen LogP contribution in [0.1, 0.15) is 12.5 Å². The van der Waals surface area contributed by atoms with E-state index in [2.05, 4.69) is 43.7 Å². The molecule has 6 nitrogen and oxygen atoms in total. The standard InChI is InChI=1S/C21H19N5OS/c1-14(27)23-17-9-7-15(8-10-17)19-13-28-21(24-19)25-22-11-16-12-26(2)20-6-4-3-5-18(16)20/h3-13H,1-2H3,(H,23,27)(H,24,25)/b22-11-. The fraction of sp³-hybridized carbons (Fsp3) is 0.0952. The number of aryl methyl sites for hydroxylation is 1. The summed E-state index contributed by atoms with van der Waals surface area (Å²) in [6.45, 7) is 1.49. The van der Waals surface area contributed by atoms with Gasteiger partial charge in [0.2, 0.25) is 11.0 Å². The molecule has 0 saturated heterocycles. The maximum Gasteiger partial charge on any atom is 0.221 e. The van der Waals surface area contributed by atoms with Crippen LogP contribution in [-0.4, -0.2) is 21.7 Å². The topological polar surface area (TPSA) is 71.3 Å². The highest BCUT2D eigenvalue weighted by molar-refractivity contribution is 7.14. The molecule has 0 unspecified atom stereocenters. The Labute approximate surface area is 166 Å². The van der Waals surface area contributed by atoms with E-state index in [-0.39, 0.29) is 5.91 Å². The minimum Gasteiger partial charge on any atom is -0.350 e. The summed E-state index contributed by atoms with van der Waals surface area (Å²) in [6.07, 6.45) is 3.87. The van der Waals surface area contributed by atoms with E-state index in [9.17, 15) is 4.79 Å². The Kier molecular flexibility index (Phi) is 4.90. The Balaban J connectivity index is 1.46. The van der Waals surface area contributed by atoms with Gasteiger partial charge in [-0.05, 0) is 18.2 Å². The largest absolute Gasteiger partial charge is 0.350 e. The molecule has 7 heteroatoms. The highest BCUT2D eigenvalue weighted by Crippen LogP contribution is 2.26. The lowest BCUT2D eigenvalue weighted by Crippen LogP contribution is -2.05. The van der Waals surface area contributed by atoms with Gasteiger partial charge >= 0.3 is 0 Å². The van der Waals surface area contributed by atoms with Crippen molar-refractivity contribution in [3.63, 3.8) is 0 Å². The summed E-state index contributed by atoms with van der Waals surface area (Å²) >= 11 is 1.49. The van der Waals surface area contributed by atoms with Crippen LogP contribution in [0, 0.1) is 0 Å². The van der Waals surface area contributed by atoms with Crippen LogP contribution in [0.5, 0.6) is 0 Å². The lowest BCUT2D eigenvalue weighted by atomic mass is 10.1. The molecule has 4 rings (SSSR count). The van der Waals surface area contributed by atoms with Crippen LogP contribution in [0.3, 0.4) is 0 Å². The molecular weight excluding hydrogens is 370 g/mol. The van der Waals surface area contributed by atoms with E-state index < -0.39 is 0 Å². The predicted molar refractivity (Wildman–Crippen MR) is 116 cm³/mol. The van der Waals surface area contributed by atoms with Gasteiger partial charge in [-0.15, -0.1) is 11.3 Å². The van der Waals surface area contributed by atoms with E-state index in [1.165, 1.54) is 23.8 Å². The van der Waals surface area contributed by atoms with Crippen LogP contribution in [0.15, 0.2) is 65.2 Å². The molecule has 0 aliphatic heterocycles. The van der Waals surface area contributed by atoms with Gasteiger partial charge in [0.15, 0.2) is 0 Å². The van der Waals surface area contributed by atoms with E-state index in [4.69, 9.17) is 0 Å². The van der Waals surface area contributed by atoms with Crippen LogP contribution >= 0.6 is 11.3 Å². The number of thiazole rings is 1. The van der Waals surface area contributed by atoms with Gasteiger partial charge in [-0.2, -0.15) is 5.10 Å². The number of carbonyl (C=O) groups is 1. The number of benzene rings is 2. The molecule has 2 heterocycles. The zero-order valence-corrected chi connectivity index (χ0v) is 16.3. The number of fused-ring (bicyclic) bond motifs is 1. The summed E-state index contributed by atoms with van der Waals surface area (Å²) in [7, 11) is 2.03. The van der Waals surface area contributed by atoms with E-state index in [1.807, 2.05) is 55.0 Å². The molecule has 0 fully saturated rings. The molecule has 2 N–H and O–H groups in total. The van der Waals surface area contributed by atoms with Crippen molar-refractivity contribution < 1.29 is 4.79 Å². The molecule has 0 aliphatic carbocycles. The van der Waals surface area contributed by atoms with Crippen LogP contribution in [0.2, 0.25) is 0 Å². The van der Waals surface area contributed by atoms with Gasteiger partial charge in [-0.1, -0.05) is 30.3 Å². The molecule has 2 aromatic carbocycles. The molecule has 0 radical (unpaired) electrons. The number of amides is 1. The van der Waals surface area contributed by atoms with Gasteiger partial charge in [0, 0.05) is 53.3 Å². The van der Waals surface area contributed by atoms with E-state index in [0.29, 0.717) is 0 Å². The van der Waals surface area contributed by atoms with Gasteiger partial charge in [-0.3, -0.25) is 10.2 Å². The fourth-order valence-electron chi connectivity index (χ4n) is 3.02. The Hall–Kier alpha value is -3.45. The van der Waals surface area contributed by atoms with Crippen molar-refractivity contribution in [1.82, 2.24) is 9.55 Å². The molecule has 0 saturated carbocycles. The zero-order chi connectivity index (χ0) is 19.5. The molecule has 0 aliphatic rings. The highest BCUT2D eigenvalue weighted by Gasteiger charge is 2.06. The molecule has 0 spiro atoms. The molecule has 4 aromatic rings. The number of rotatable bonds is 5. The maximum atomic E-state index is 11.1. The van der Waals surface area contributed by atoms with Gasteiger partial charge < -0.3 is 9.88 Å². The molecule has 0 atom stereocenters. The monoisotopic (exact) mass is 389 g/mol. The SMILES string of the molecule is CC(=O)Nc1ccc(-c2csc(N/N=C\c3cn(C)c4ccccc34)n2)cc1. The summed E-state index contributed by atoms with van der Waals surface area (Å²) in [6, 6.07) is 15.8. The third kappa shape index (κ3) is 3.79. The predicted octanol–water partition coefficient (Wildman–Crippen LogP) is 4.71. The first-order valence-corrected chi connectivity index (χ1v) is 9.65. The summed E-state index contributed by atoms with van der Waals surface area (Å²) < 4.78 is 2.09. The molecule has 140 valence electrons. The van der Waals surface area contributed by atoms with Crippen molar-refractivity contribution in [2.45, 2.75) is 6.92 Å². The molecule has 1 amide bonds. The van der Waals surface area contributed by atoms with E-state index in [0.717, 1.165) is 33.0 Å². The highest BCUT2D eigenvalue weighted by atomic mass is 32.1. The number of aromatic nitrogens is 2. The third-order valence-electron chi connectivity index (χ3n) is 4.30. The zero-order valence-electron chi connectivity index (χ0n) is 15.5. The number of nitrogens with zero attached hydrogens (tertiary/aromatic N) is 3. The molecule has 28 heavy (non-hydrogen) atoms. The number of para-hydroxylation sites is 1. The van der Waals surface area contributed by atoms with Crippen LogP contribution < -0.4 is 10.7 Å². The molecule has 2 aromatic heterocycles. The first kappa shape index (κ1) is 17.9. The van der Waals surface area contributed by atoms with Crippen molar-refractivity contribution >= 4 is 45.2 Å². The maximum absolute atomic E-state index is 11.1. The summed E-state index contributed by atoms with van der Waals surface area (Å²) in [5, 5.41) is 11.0. The van der Waals surface area contributed by atoms with Gasteiger partial charge in [0.1, 0.15) is 0 Å². The first-order chi connectivity index (χ1) is 13.6. The van der Waals surface area contributed by atoms with Crippen molar-refractivity contribution in [1.29, 1.82) is 0 Å². The molecule has 0 bridgehead atoms. The van der Waals surface area contributed by atoms with Crippen LogP contribution in [0.4, 0.5) is 10.8 Å². The van der Waals surface area contributed by atoms with Crippen molar-refractivity contribution in [3.05, 3.63) is 65.7 Å². The second-order valence-corrected chi connectivity index (χ2v) is 7.24. The number of nitrogens with one attached hydrogen (secondary N) is 2. The lowest BCUT2D eigenvalue weighted by Gasteiger charge is -2.02. The van der Waals surface area contributed by atoms with Crippen molar-refractivity contribution in [2.24, 2.45) is 12.1 Å². The fourth-order valence-corrected chi connectivity index (χ4v) is 3.69. The quantitative estimate of drug-likeness (QED) is 0.384. The summed E-state index contributed by atoms with van der Waals surface area (Å²) in [5.41, 5.74) is 7.84. The van der Waals surface area contributed by atoms with Crippen LogP contribution in [-0.2, 0) is 11.8 Å². The minimum atomic E-state index is -0.0862. The van der Waals surface area contributed by atoms with Gasteiger partial charge in [0.25, 0.3) is 0 Å².